The van der Waals surface area contributed by atoms with Crippen LogP contribution < -0.4 is 30.5 Å². The van der Waals surface area contributed by atoms with E-state index >= 15 is 0 Å². The molecule has 9 heteroatoms. The topological polar surface area (TPSA) is 101 Å². The molecule has 3 heterocycles. The Morgan fingerprint density at radius 2 is 1.75 bits per heavy atom. The average molecular weight is 489 g/mol. The molecule has 188 valence electrons. The molecule has 0 bridgehead atoms. The van der Waals surface area contributed by atoms with Crippen LogP contribution in [0.15, 0.2) is 54.6 Å². The van der Waals surface area contributed by atoms with Crippen LogP contribution >= 0.6 is 0 Å². The van der Waals surface area contributed by atoms with E-state index < -0.39 is 6.04 Å². The lowest BCUT2D eigenvalue weighted by atomic mass is 10.0. The third kappa shape index (κ3) is 5.27. The van der Waals surface area contributed by atoms with Crippen molar-refractivity contribution >= 4 is 17.4 Å². The summed E-state index contributed by atoms with van der Waals surface area (Å²) in [6.45, 7) is 2.09. The Morgan fingerprint density at radius 1 is 0.944 bits per heavy atom. The van der Waals surface area contributed by atoms with E-state index in [2.05, 4.69) is 31.3 Å². The Kier molecular flexibility index (Phi) is 7.29. The van der Waals surface area contributed by atoms with Gasteiger partial charge in [0.1, 0.15) is 17.5 Å². The lowest BCUT2D eigenvalue weighted by molar-refractivity contribution is -0.117. The van der Waals surface area contributed by atoms with Gasteiger partial charge >= 0.3 is 0 Å². The summed E-state index contributed by atoms with van der Waals surface area (Å²) in [6.07, 6.45) is 4.28. The molecule has 5 rings (SSSR count). The van der Waals surface area contributed by atoms with Crippen molar-refractivity contribution in [2.24, 2.45) is 0 Å². The molecule has 9 nitrogen and oxygen atoms in total. The third-order valence-electron chi connectivity index (χ3n) is 6.81. The number of aromatic nitrogens is 2. The zero-order chi connectivity index (χ0) is 24.9. The molecule has 3 aromatic rings. The molecular formula is C27H32N6O3. The summed E-state index contributed by atoms with van der Waals surface area (Å²) in [7, 11) is 3.26. The molecule has 2 atom stereocenters. The van der Waals surface area contributed by atoms with Crippen LogP contribution in [-0.4, -0.2) is 49.5 Å². The number of amides is 1. The maximum Gasteiger partial charge on any atom is 0.242 e. The smallest absolute Gasteiger partial charge is 0.242 e. The van der Waals surface area contributed by atoms with Gasteiger partial charge in [0.25, 0.3) is 0 Å². The molecule has 2 saturated heterocycles. The fraction of sp³-hybridized carbons (Fsp3) is 0.370. The van der Waals surface area contributed by atoms with E-state index in [0.717, 1.165) is 52.9 Å². The number of methoxy groups -OCH3 is 2. The number of anilines is 2. The van der Waals surface area contributed by atoms with Gasteiger partial charge in [-0.25, -0.2) is 10.9 Å². The van der Waals surface area contributed by atoms with Crippen molar-refractivity contribution in [2.75, 3.05) is 37.5 Å². The second-order valence-corrected chi connectivity index (χ2v) is 9.13. The molecule has 0 saturated carbocycles. The monoisotopic (exact) mass is 488 g/mol. The van der Waals surface area contributed by atoms with Crippen molar-refractivity contribution in [1.82, 2.24) is 21.0 Å². The van der Waals surface area contributed by atoms with E-state index in [-0.39, 0.29) is 11.9 Å². The van der Waals surface area contributed by atoms with Crippen LogP contribution in [0.5, 0.6) is 11.5 Å². The van der Waals surface area contributed by atoms with Crippen LogP contribution in [0, 0.1) is 0 Å². The van der Waals surface area contributed by atoms with Crippen LogP contribution in [0.3, 0.4) is 0 Å². The maximum atomic E-state index is 12.9. The van der Waals surface area contributed by atoms with Gasteiger partial charge in [-0.1, -0.05) is 12.1 Å². The quantitative estimate of drug-likeness (QED) is 0.463. The average Bonchev–Trinajstić information content (AvgIpc) is 3.44. The SMILES string of the molecule is COc1ccc(OC)c(C2CC(C(=O)Nc3ccc(-c4ccc(N5CCCCC5)nn4)cc3)NN2)c1. The minimum atomic E-state index is -0.390. The Bertz CT molecular complexity index is 1180. The van der Waals surface area contributed by atoms with Gasteiger partial charge in [0.2, 0.25) is 5.91 Å². The van der Waals surface area contributed by atoms with Crippen LogP contribution in [0.1, 0.15) is 37.3 Å². The molecule has 2 aliphatic rings. The van der Waals surface area contributed by atoms with Crippen molar-refractivity contribution in [3.63, 3.8) is 0 Å². The van der Waals surface area contributed by atoms with E-state index in [1.165, 1.54) is 19.3 Å². The molecule has 1 amide bonds. The lowest BCUT2D eigenvalue weighted by Gasteiger charge is -2.27. The molecule has 0 radical (unpaired) electrons. The molecular weight excluding hydrogens is 456 g/mol. The maximum absolute atomic E-state index is 12.9. The Hall–Kier alpha value is -3.69. The molecule has 1 aromatic heterocycles. The molecule has 2 aromatic carbocycles. The number of benzene rings is 2. The first kappa shape index (κ1) is 24.0. The normalized spacial score (nSPS) is 19.7. The Labute approximate surface area is 211 Å². The summed E-state index contributed by atoms with van der Waals surface area (Å²) < 4.78 is 10.8. The summed E-state index contributed by atoms with van der Waals surface area (Å²) in [5.74, 6) is 2.32. The number of hydrogen-bond donors (Lipinski definition) is 3. The first-order valence-electron chi connectivity index (χ1n) is 12.4. The highest BCUT2D eigenvalue weighted by Gasteiger charge is 2.32. The molecule has 0 aliphatic carbocycles. The first-order chi connectivity index (χ1) is 17.6. The van der Waals surface area contributed by atoms with Gasteiger partial charge < -0.3 is 19.7 Å². The van der Waals surface area contributed by atoms with E-state index in [9.17, 15) is 4.79 Å². The van der Waals surface area contributed by atoms with Gasteiger partial charge in [-0.05, 0) is 68.1 Å². The van der Waals surface area contributed by atoms with Crippen molar-refractivity contribution in [1.29, 1.82) is 0 Å². The van der Waals surface area contributed by atoms with Crippen LogP contribution in [0.4, 0.5) is 11.5 Å². The number of piperidine rings is 1. The highest BCUT2D eigenvalue weighted by atomic mass is 16.5. The number of ether oxygens (including phenoxy) is 2. The van der Waals surface area contributed by atoms with E-state index in [4.69, 9.17) is 9.47 Å². The minimum Gasteiger partial charge on any atom is -0.497 e. The summed E-state index contributed by atoms with van der Waals surface area (Å²) in [5.41, 5.74) is 9.75. The largest absolute Gasteiger partial charge is 0.497 e. The fourth-order valence-electron chi connectivity index (χ4n) is 4.77. The standard InChI is InChI=1S/C27H32N6O3/c1-35-20-10-12-25(36-2)21(16-20)23-17-24(31-30-23)27(34)28-19-8-6-18(7-9-19)22-11-13-26(32-29-22)33-14-4-3-5-15-33/h6-13,16,23-24,30-31H,3-5,14-15,17H2,1-2H3,(H,28,34). The number of carbonyl (C=O) groups excluding carboxylic acids is 1. The van der Waals surface area contributed by atoms with Crippen molar-refractivity contribution in [3.8, 4) is 22.8 Å². The molecule has 2 aliphatic heterocycles. The van der Waals surface area contributed by atoms with Gasteiger partial charge in [-0.2, -0.15) is 0 Å². The number of rotatable bonds is 7. The summed E-state index contributed by atoms with van der Waals surface area (Å²) >= 11 is 0. The van der Waals surface area contributed by atoms with Crippen LogP contribution in [-0.2, 0) is 4.79 Å². The Morgan fingerprint density at radius 3 is 2.44 bits per heavy atom. The van der Waals surface area contributed by atoms with Gasteiger partial charge in [0.15, 0.2) is 5.82 Å². The predicted octanol–water partition coefficient (Wildman–Crippen LogP) is 3.70. The molecule has 2 unspecified atom stereocenters. The van der Waals surface area contributed by atoms with Gasteiger partial charge in [0.05, 0.1) is 26.0 Å². The number of nitrogens with zero attached hydrogens (tertiary/aromatic N) is 3. The summed E-state index contributed by atoms with van der Waals surface area (Å²) in [4.78, 5) is 15.2. The zero-order valence-corrected chi connectivity index (χ0v) is 20.7. The molecule has 2 fully saturated rings. The second kappa shape index (κ2) is 10.9. The van der Waals surface area contributed by atoms with E-state index in [1.807, 2.05) is 54.6 Å². The predicted molar refractivity (Wildman–Crippen MR) is 139 cm³/mol. The molecule has 0 spiro atoms. The van der Waals surface area contributed by atoms with Crippen molar-refractivity contribution in [3.05, 3.63) is 60.2 Å². The van der Waals surface area contributed by atoms with E-state index in [1.54, 1.807) is 14.2 Å². The second-order valence-electron chi connectivity index (χ2n) is 9.13. The van der Waals surface area contributed by atoms with Gasteiger partial charge in [-0.3, -0.25) is 4.79 Å². The first-order valence-corrected chi connectivity index (χ1v) is 12.4. The van der Waals surface area contributed by atoms with Gasteiger partial charge in [0, 0.05) is 29.9 Å². The number of nitrogens with one attached hydrogen (secondary N) is 3. The number of hydrogen-bond acceptors (Lipinski definition) is 8. The highest BCUT2D eigenvalue weighted by Crippen LogP contribution is 2.33. The number of hydrazine groups is 1. The molecule has 36 heavy (non-hydrogen) atoms. The third-order valence-corrected chi connectivity index (χ3v) is 6.81. The summed E-state index contributed by atoms with van der Waals surface area (Å²) in [5, 5.41) is 11.9. The van der Waals surface area contributed by atoms with Crippen molar-refractivity contribution in [2.45, 2.75) is 37.8 Å². The highest BCUT2D eigenvalue weighted by molar-refractivity contribution is 5.95. The minimum absolute atomic E-state index is 0.0836. The van der Waals surface area contributed by atoms with Gasteiger partial charge in [-0.15, -0.1) is 10.2 Å². The van der Waals surface area contributed by atoms with E-state index in [0.29, 0.717) is 6.42 Å². The molecule has 3 N–H and O–H groups in total. The Balaban J connectivity index is 1.19. The van der Waals surface area contributed by atoms with Crippen molar-refractivity contribution < 1.29 is 14.3 Å². The zero-order valence-electron chi connectivity index (χ0n) is 20.7. The van der Waals surface area contributed by atoms with Crippen LogP contribution in [0.25, 0.3) is 11.3 Å². The number of carbonyl (C=O) groups is 1. The fourth-order valence-corrected chi connectivity index (χ4v) is 4.77. The van der Waals surface area contributed by atoms with Crippen LogP contribution in [0.2, 0.25) is 0 Å². The lowest BCUT2D eigenvalue weighted by Crippen LogP contribution is -2.39. The summed E-state index contributed by atoms with van der Waals surface area (Å²) in [6, 6.07) is 16.9.